The Labute approximate surface area is 56.3 Å². The highest BCUT2D eigenvalue weighted by atomic mass is 14.5. The van der Waals surface area contributed by atoms with E-state index in [0.717, 1.165) is 16.7 Å². The molecule has 1 rings (SSSR count). The maximum Gasteiger partial charge on any atom is 0.114 e. The van der Waals surface area contributed by atoms with Crippen molar-refractivity contribution < 1.29 is 0 Å². The first-order chi connectivity index (χ1) is 4.20. The molecule has 0 bridgehead atoms. The van der Waals surface area contributed by atoms with Gasteiger partial charge in [-0.25, -0.2) is 0 Å². The van der Waals surface area contributed by atoms with E-state index in [-0.39, 0.29) is 0 Å². The lowest BCUT2D eigenvalue weighted by Gasteiger charge is -1.98. The number of benzene rings is 1. The van der Waals surface area contributed by atoms with Gasteiger partial charge in [0, 0.05) is 5.69 Å². The number of aryl methyl sites for hydroxylation is 1. The van der Waals surface area contributed by atoms with Crippen LogP contribution in [0, 0.1) is 6.92 Å². The molecule has 0 atom stereocenters. The lowest BCUT2D eigenvalue weighted by Crippen LogP contribution is -2.07. The van der Waals surface area contributed by atoms with E-state index >= 15 is 0 Å². The van der Waals surface area contributed by atoms with Crippen molar-refractivity contribution in [1.82, 2.24) is 0 Å². The van der Waals surface area contributed by atoms with Gasteiger partial charge in [-0.05, 0) is 19.1 Å². The highest BCUT2D eigenvalue weighted by molar-refractivity contribution is 6.33. The summed E-state index contributed by atoms with van der Waals surface area (Å²) in [6.07, 6.45) is 0. The van der Waals surface area contributed by atoms with Crippen LogP contribution in [-0.2, 0) is 0 Å². The lowest BCUT2D eigenvalue weighted by atomic mass is 9.91. The second-order valence-electron chi connectivity index (χ2n) is 2.12. The summed E-state index contributed by atoms with van der Waals surface area (Å²) < 4.78 is 0. The summed E-state index contributed by atoms with van der Waals surface area (Å²) in [7, 11) is 5.54. The fourth-order valence-corrected chi connectivity index (χ4v) is 0.659. The minimum absolute atomic E-state index is 0.720. The second kappa shape index (κ2) is 2.13. The van der Waals surface area contributed by atoms with Crippen molar-refractivity contribution in [2.75, 3.05) is 5.73 Å². The molecule has 2 radical (unpaired) electrons. The van der Waals surface area contributed by atoms with E-state index in [4.69, 9.17) is 13.6 Å². The van der Waals surface area contributed by atoms with Crippen molar-refractivity contribution in [3.63, 3.8) is 0 Å². The van der Waals surface area contributed by atoms with Crippen LogP contribution in [0.3, 0.4) is 0 Å². The van der Waals surface area contributed by atoms with Crippen molar-refractivity contribution in [1.29, 1.82) is 0 Å². The van der Waals surface area contributed by atoms with Crippen LogP contribution in [0.1, 0.15) is 5.56 Å². The van der Waals surface area contributed by atoms with Gasteiger partial charge in [-0.15, -0.1) is 0 Å². The summed E-state index contributed by atoms with van der Waals surface area (Å²) in [5, 5.41) is 0. The van der Waals surface area contributed by atoms with Crippen molar-refractivity contribution in [3.05, 3.63) is 23.8 Å². The smallest absolute Gasteiger partial charge is 0.114 e. The molecule has 44 valence electrons. The van der Waals surface area contributed by atoms with Gasteiger partial charge >= 0.3 is 0 Å². The number of nitrogen functional groups attached to an aromatic ring is 1. The Morgan fingerprint density at radius 2 is 2.11 bits per heavy atom. The summed E-state index contributed by atoms with van der Waals surface area (Å²) in [6, 6.07) is 5.51. The highest BCUT2D eigenvalue weighted by Crippen LogP contribution is 1.99. The third kappa shape index (κ3) is 1.25. The summed E-state index contributed by atoms with van der Waals surface area (Å²) in [5.41, 5.74) is 8.00. The molecule has 0 aliphatic heterocycles. The van der Waals surface area contributed by atoms with Gasteiger partial charge in [0.05, 0.1) is 0 Å². The molecule has 0 fully saturated rings. The molecule has 0 aromatic heterocycles. The Kier molecular flexibility index (Phi) is 1.47. The van der Waals surface area contributed by atoms with Gasteiger partial charge < -0.3 is 5.73 Å². The SMILES string of the molecule is [B]c1cc(N)ccc1C. The van der Waals surface area contributed by atoms with Gasteiger partial charge in [0.25, 0.3) is 0 Å². The average molecular weight is 117 g/mol. The van der Waals surface area contributed by atoms with Crippen LogP contribution in [0.15, 0.2) is 18.2 Å². The minimum Gasteiger partial charge on any atom is -0.399 e. The molecular formula is C7H8BN. The zero-order valence-corrected chi connectivity index (χ0v) is 5.39. The molecule has 1 nitrogen and oxygen atoms in total. The Hall–Kier alpha value is -0.915. The number of hydrogen-bond acceptors (Lipinski definition) is 1. The maximum atomic E-state index is 5.54. The van der Waals surface area contributed by atoms with Gasteiger partial charge in [0.15, 0.2) is 0 Å². The topological polar surface area (TPSA) is 26.0 Å². The van der Waals surface area contributed by atoms with E-state index in [2.05, 4.69) is 0 Å². The number of nitrogens with two attached hydrogens (primary N) is 1. The predicted octanol–water partition coefficient (Wildman–Crippen LogP) is 0.371. The molecular weight excluding hydrogens is 109 g/mol. The molecule has 0 saturated heterocycles. The van der Waals surface area contributed by atoms with Crippen molar-refractivity contribution in [2.24, 2.45) is 0 Å². The fraction of sp³-hybridized carbons (Fsp3) is 0.143. The molecule has 0 unspecified atom stereocenters. The summed E-state index contributed by atoms with van der Waals surface area (Å²) >= 11 is 0. The fourth-order valence-electron chi connectivity index (χ4n) is 0.659. The van der Waals surface area contributed by atoms with Gasteiger partial charge in [0.2, 0.25) is 0 Å². The standard InChI is InChI=1S/C7H8BN/c1-5-2-3-6(9)4-7(5)8/h2-4H,9H2,1H3. The van der Waals surface area contributed by atoms with Crippen LogP contribution in [0.5, 0.6) is 0 Å². The molecule has 1 aromatic rings. The first-order valence-corrected chi connectivity index (χ1v) is 2.82. The molecule has 0 amide bonds. The minimum atomic E-state index is 0.720. The van der Waals surface area contributed by atoms with Crippen LogP contribution in [0.25, 0.3) is 0 Å². The second-order valence-corrected chi connectivity index (χ2v) is 2.12. The van der Waals surface area contributed by atoms with E-state index < -0.39 is 0 Å². The largest absolute Gasteiger partial charge is 0.399 e. The van der Waals surface area contributed by atoms with Crippen LogP contribution in [-0.4, -0.2) is 7.85 Å². The average Bonchev–Trinajstić information content (AvgIpc) is 1.80. The Balaban J connectivity index is 3.17. The van der Waals surface area contributed by atoms with Gasteiger partial charge in [0.1, 0.15) is 7.85 Å². The summed E-state index contributed by atoms with van der Waals surface area (Å²) in [5.74, 6) is 0. The third-order valence-corrected chi connectivity index (χ3v) is 1.30. The molecule has 0 spiro atoms. The van der Waals surface area contributed by atoms with E-state index in [1.807, 2.05) is 19.1 Å². The van der Waals surface area contributed by atoms with Crippen molar-refractivity contribution in [2.45, 2.75) is 6.92 Å². The maximum absolute atomic E-state index is 5.54. The van der Waals surface area contributed by atoms with E-state index in [1.54, 1.807) is 6.07 Å². The molecule has 2 heteroatoms. The molecule has 9 heavy (non-hydrogen) atoms. The van der Waals surface area contributed by atoms with Gasteiger partial charge in [-0.3, -0.25) is 0 Å². The molecule has 0 aliphatic rings. The summed E-state index contributed by atoms with van der Waals surface area (Å²) in [4.78, 5) is 0. The predicted molar refractivity (Wildman–Crippen MR) is 41.0 cm³/mol. The monoisotopic (exact) mass is 117 g/mol. The van der Waals surface area contributed by atoms with Gasteiger partial charge in [-0.1, -0.05) is 17.1 Å². The summed E-state index contributed by atoms with van der Waals surface area (Å²) in [6.45, 7) is 1.95. The first kappa shape index (κ1) is 6.21. The van der Waals surface area contributed by atoms with Crippen LogP contribution in [0.2, 0.25) is 0 Å². The Morgan fingerprint density at radius 1 is 1.44 bits per heavy atom. The highest BCUT2D eigenvalue weighted by Gasteiger charge is 1.89. The number of rotatable bonds is 0. The molecule has 0 saturated carbocycles. The normalized spacial score (nSPS) is 9.44. The van der Waals surface area contributed by atoms with E-state index in [1.165, 1.54) is 0 Å². The van der Waals surface area contributed by atoms with Crippen LogP contribution < -0.4 is 11.2 Å². The molecule has 0 heterocycles. The van der Waals surface area contributed by atoms with Crippen molar-refractivity contribution in [3.8, 4) is 0 Å². The number of anilines is 1. The van der Waals surface area contributed by atoms with Crippen LogP contribution in [0.4, 0.5) is 5.69 Å². The van der Waals surface area contributed by atoms with Gasteiger partial charge in [-0.2, -0.15) is 0 Å². The van der Waals surface area contributed by atoms with Crippen LogP contribution >= 0.6 is 0 Å². The molecule has 2 N–H and O–H groups in total. The number of hydrogen-bond donors (Lipinski definition) is 1. The van der Waals surface area contributed by atoms with Crippen molar-refractivity contribution >= 4 is 19.0 Å². The zero-order valence-electron chi connectivity index (χ0n) is 5.39. The lowest BCUT2D eigenvalue weighted by molar-refractivity contribution is 1.52. The zero-order chi connectivity index (χ0) is 6.85. The first-order valence-electron chi connectivity index (χ1n) is 2.82. The molecule has 1 aromatic carbocycles. The Morgan fingerprint density at radius 3 is 2.56 bits per heavy atom. The van der Waals surface area contributed by atoms with E-state index in [0.29, 0.717) is 0 Å². The Bertz CT molecular complexity index is 220. The molecule has 0 aliphatic carbocycles. The quantitative estimate of drug-likeness (QED) is 0.385. The van der Waals surface area contributed by atoms with E-state index in [9.17, 15) is 0 Å². The third-order valence-electron chi connectivity index (χ3n) is 1.30.